The fraction of sp³-hybridized carbons (Fsp3) is 0.300. The number of carbonyl (C=O) groups excluding carboxylic acids is 1. The molecule has 3 rings (SSSR count). The molecule has 0 radical (unpaired) electrons. The second-order valence-electron chi connectivity index (χ2n) is 8.96. The number of carbonyl (C=O) groups is 2. The molecular formula is C30H29F3N2O3S. The summed E-state index contributed by atoms with van der Waals surface area (Å²) in [6.07, 6.45) is 8.47. The van der Waals surface area contributed by atoms with Crippen LogP contribution in [0.3, 0.4) is 0 Å². The number of aromatic nitrogens is 1. The highest BCUT2D eigenvalue weighted by Gasteiger charge is 2.18. The van der Waals surface area contributed by atoms with E-state index >= 15 is 4.39 Å². The van der Waals surface area contributed by atoms with Crippen LogP contribution in [0.15, 0.2) is 41.3 Å². The predicted octanol–water partition coefficient (Wildman–Crippen LogP) is 8.07. The van der Waals surface area contributed by atoms with Crippen LogP contribution >= 0.6 is 11.3 Å². The Kier molecular flexibility index (Phi) is 10.9. The van der Waals surface area contributed by atoms with Crippen molar-refractivity contribution in [3.8, 4) is 23.1 Å². The summed E-state index contributed by atoms with van der Waals surface area (Å²) in [5, 5.41) is 13.1. The first kappa shape index (κ1) is 29.7. The number of hydrogen-bond acceptors (Lipinski definition) is 4. The maximum absolute atomic E-state index is 15.1. The van der Waals surface area contributed by atoms with E-state index < -0.39 is 34.9 Å². The standard InChI is InChI=1S/C30H29F3N2O3S/c1-3-4-5-6-7-8-9-10-12-20-13-11-14-22(27(20)33)26-18-39-30(34-26)35-28(36)21-16-24(31)23(25(32)17-21)15-19(2)29(37)38/h11,13-18H,3-9H2,1-2H3,(H,37,38)(H,34,35,36)/b19-15+. The number of unbranched alkanes of at least 4 members (excludes halogenated alkanes) is 6. The molecule has 0 unspecified atom stereocenters. The van der Waals surface area contributed by atoms with E-state index in [0.717, 1.165) is 42.4 Å². The zero-order valence-corrected chi connectivity index (χ0v) is 22.6. The van der Waals surface area contributed by atoms with E-state index in [1.807, 2.05) is 0 Å². The van der Waals surface area contributed by atoms with Gasteiger partial charge in [-0.3, -0.25) is 10.1 Å². The van der Waals surface area contributed by atoms with E-state index in [4.69, 9.17) is 5.11 Å². The number of carboxylic acids is 1. The SMILES string of the molecule is CCCCCCCCC#Cc1cccc(-c2csc(NC(=O)c3cc(F)c(/C=C(\C)C(=O)O)c(F)c3)n2)c1F. The lowest BCUT2D eigenvalue weighted by molar-refractivity contribution is -0.132. The molecule has 0 fully saturated rings. The van der Waals surface area contributed by atoms with Gasteiger partial charge >= 0.3 is 5.97 Å². The van der Waals surface area contributed by atoms with Crippen molar-refractivity contribution < 1.29 is 27.9 Å². The van der Waals surface area contributed by atoms with Gasteiger partial charge in [0.25, 0.3) is 5.91 Å². The number of aliphatic carboxylic acids is 1. The van der Waals surface area contributed by atoms with Gasteiger partial charge in [-0.15, -0.1) is 11.3 Å². The Morgan fingerprint density at radius 2 is 1.77 bits per heavy atom. The van der Waals surface area contributed by atoms with Crippen molar-refractivity contribution in [1.82, 2.24) is 4.98 Å². The topological polar surface area (TPSA) is 79.3 Å². The Labute approximate surface area is 229 Å². The number of amides is 1. The molecule has 0 saturated heterocycles. The molecule has 1 aromatic heterocycles. The Bertz CT molecular complexity index is 1410. The van der Waals surface area contributed by atoms with Crippen LogP contribution < -0.4 is 5.32 Å². The fourth-order valence-electron chi connectivity index (χ4n) is 3.73. The van der Waals surface area contributed by atoms with Crippen LogP contribution in [0.1, 0.15) is 80.3 Å². The third-order valence-electron chi connectivity index (χ3n) is 5.92. The van der Waals surface area contributed by atoms with Crippen LogP contribution in [-0.2, 0) is 4.79 Å². The Hall–Kier alpha value is -3.90. The molecule has 9 heteroatoms. The minimum atomic E-state index is -1.32. The third kappa shape index (κ3) is 8.29. The quantitative estimate of drug-likeness (QED) is 0.143. The normalized spacial score (nSPS) is 11.2. The minimum Gasteiger partial charge on any atom is -0.478 e. The van der Waals surface area contributed by atoms with Crippen LogP contribution in [0.25, 0.3) is 17.3 Å². The summed E-state index contributed by atoms with van der Waals surface area (Å²) in [6.45, 7) is 3.37. The lowest BCUT2D eigenvalue weighted by atomic mass is 10.1. The van der Waals surface area contributed by atoms with Gasteiger partial charge in [0.15, 0.2) is 5.13 Å². The molecule has 0 atom stereocenters. The lowest BCUT2D eigenvalue weighted by Crippen LogP contribution is -2.13. The molecule has 0 spiro atoms. The number of anilines is 1. The van der Waals surface area contributed by atoms with Gasteiger partial charge in [0.05, 0.1) is 11.3 Å². The third-order valence-corrected chi connectivity index (χ3v) is 6.67. The zero-order chi connectivity index (χ0) is 28.4. The van der Waals surface area contributed by atoms with Gasteiger partial charge in [-0.25, -0.2) is 22.9 Å². The van der Waals surface area contributed by atoms with Crippen molar-refractivity contribution in [2.24, 2.45) is 0 Å². The number of carboxylic acid groups (broad SMARTS) is 1. The predicted molar refractivity (Wildman–Crippen MR) is 148 cm³/mol. The molecule has 2 aromatic carbocycles. The number of rotatable bonds is 11. The fourth-order valence-corrected chi connectivity index (χ4v) is 4.44. The van der Waals surface area contributed by atoms with Crippen LogP contribution in [0.5, 0.6) is 0 Å². The molecule has 1 heterocycles. The van der Waals surface area contributed by atoms with Gasteiger partial charge in [-0.05, 0) is 43.7 Å². The summed E-state index contributed by atoms with van der Waals surface area (Å²) in [5.41, 5.74) is -0.376. The summed E-state index contributed by atoms with van der Waals surface area (Å²) >= 11 is 1.03. The van der Waals surface area contributed by atoms with Crippen LogP contribution in [0.2, 0.25) is 0 Å². The van der Waals surface area contributed by atoms with Gasteiger partial charge in [-0.2, -0.15) is 0 Å². The number of nitrogens with one attached hydrogen (secondary N) is 1. The maximum atomic E-state index is 15.1. The molecule has 3 aromatic rings. The van der Waals surface area contributed by atoms with Gasteiger partial charge in [0.2, 0.25) is 0 Å². The van der Waals surface area contributed by atoms with Crippen molar-refractivity contribution in [2.45, 2.75) is 58.8 Å². The van der Waals surface area contributed by atoms with E-state index in [1.165, 1.54) is 32.6 Å². The summed E-state index contributed by atoms with van der Waals surface area (Å²) in [6, 6.07) is 6.45. The molecule has 1 amide bonds. The van der Waals surface area contributed by atoms with E-state index in [9.17, 15) is 18.4 Å². The number of benzene rings is 2. The van der Waals surface area contributed by atoms with Gasteiger partial charge in [0.1, 0.15) is 17.5 Å². The van der Waals surface area contributed by atoms with E-state index in [2.05, 4.69) is 29.1 Å². The van der Waals surface area contributed by atoms with Gasteiger partial charge in [0, 0.05) is 34.1 Å². The van der Waals surface area contributed by atoms with Crippen LogP contribution in [-0.4, -0.2) is 22.0 Å². The van der Waals surface area contributed by atoms with Crippen LogP contribution in [0, 0.1) is 29.3 Å². The highest BCUT2D eigenvalue weighted by atomic mass is 32.1. The second kappa shape index (κ2) is 14.3. The smallest absolute Gasteiger partial charge is 0.331 e. The maximum Gasteiger partial charge on any atom is 0.331 e. The molecule has 39 heavy (non-hydrogen) atoms. The molecule has 0 aliphatic heterocycles. The molecule has 0 saturated carbocycles. The molecule has 0 aliphatic carbocycles. The second-order valence-corrected chi connectivity index (χ2v) is 9.82. The summed E-state index contributed by atoms with van der Waals surface area (Å²) in [7, 11) is 0. The molecule has 5 nitrogen and oxygen atoms in total. The first-order chi connectivity index (χ1) is 18.7. The Morgan fingerprint density at radius 3 is 2.46 bits per heavy atom. The largest absolute Gasteiger partial charge is 0.478 e. The number of halogens is 3. The van der Waals surface area contributed by atoms with E-state index in [1.54, 1.807) is 23.6 Å². The highest BCUT2D eigenvalue weighted by molar-refractivity contribution is 7.14. The van der Waals surface area contributed by atoms with Gasteiger partial charge in [-0.1, -0.05) is 56.9 Å². The molecule has 0 bridgehead atoms. The number of hydrogen-bond donors (Lipinski definition) is 2. The average Bonchev–Trinajstić information content (AvgIpc) is 3.36. The Balaban J connectivity index is 1.68. The molecular weight excluding hydrogens is 525 g/mol. The van der Waals surface area contributed by atoms with Crippen molar-refractivity contribution in [2.75, 3.05) is 5.32 Å². The number of thiazole rings is 1. The molecule has 204 valence electrons. The zero-order valence-electron chi connectivity index (χ0n) is 21.7. The van der Waals surface area contributed by atoms with Crippen LogP contribution in [0.4, 0.5) is 18.3 Å². The van der Waals surface area contributed by atoms with Crippen molar-refractivity contribution in [1.29, 1.82) is 0 Å². The average molecular weight is 555 g/mol. The van der Waals surface area contributed by atoms with Crippen molar-refractivity contribution in [3.63, 3.8) is 0 Å². The number of nitrogens with zero attached hydrogens (tertiary/aromatic N) is 1. The first-order valence-corrected chi connectivity index (χ1v) is 13.5. The molecule has 2 N–H and O–H groups in total. The minimum absolute atomic E-state index is 0.112. The highest BCUT2D eigenvalue weighted by Crippen LogP contribution is 2.29. The van der Waals surface area contributed by atoms with Gasteiger partial charge < -0.3 is 5.11 Å². The summed E-state index contributed by atoms with van der Waals surface area (Å²) in [5.74, 6) is 1.09. The van der Waals surface area contributed by atoms with E-state index in [-0.39, 0.29) is 33.1 Å². The first-order valence-electron chi connectivity index (χ1n) is 12.7. The summed E-state index contributed by atoms with van der Waals surface area (Å²) < 4.78 is 44.0. The lowest BCUT2D eigenvalue weighted by Gasteiger charge is -2.06. The monoisotopic (exact) mass is 554 g/mol. The summed E-state index contributed by atoms with van der Waals surface area (Å²) in [4.78, 5) is 27.8. The molecule has 0 aliphatic rings. The van der Waals surface area contributed by atoms with Crippen molar-refractivity contribution >= 4 is 34.4 Å². The Morgan fingerprint density at radius 1 is 1.08 bits per heavy atom. The van der Waals surface area contributed by atoms with E-state index in [0.29, 0.717) is 6.42 Å². The van der Waals surface area contributed by atoms with Crippen molar-refractivity contribution in [3.05, 3.63) is 75.4 Å².